The van der Waals surface area contributed by atoms with E-state index in [2.05, 4.69) is 10.3 Å². The summed E-state index contributed by atoms with van der Waals surface area (Å²) in [6, 6.07) is 13.4. The molecule has 0 aliphatic carbocycles. The van der Waals surface area contributed by atoms with E-state index >= 15 is 0 Å². The molecule has 0 radical (unpaired) electrons. The van der Waals surface area contributed by atoms with Gasteiger partial charge in [-0.1, -0.05) is 41.4 Å². The molecule has 0 saturated heterocycles. The van der Waals surface area contributed by atoms with E-state index < -0.39 is 27.8 Å². The van der Waals surface area contributed by atoms with Crippen molar-refractivity contribution in [1.29, 1.82) is 0 Å². The minimum atomic E-state index is -3.50. The maximum absolute atomic E-state index is 13.4. The molecule has 4 aromatic rings. The normalized spacial score (nSPS) is 14.0. The first kappa shape index (κ1) is 28.7. The highest BCUT2D eigenvalue weighted by Crippen LogP contribution is 2.35. The zero-order valence-corrected chi connectivity index (χ0v) is 24.1. The zero-order valence-electron chi connectivity index (χ0n) is 21.8. The fraction of sp³-hybridized carbons (Fsp3) is 0.207. The Bertz CT molecular complexity index is 1820. The monoisotopic (exact) mass is 613 g/mol. The molecule has 3 aromatic carbocycles. The number of benzene rings is 3. The van der Waals surface area contributed by atoms with E-state index in [1.54, 1.807) is 29.3 Å². The third kappa shape index (κ3) is 5.81. The van der Waals surface area contributed by atoms with Gasteiger partial charge >= 0.3 is 5.97 Å². The summed E-state index contributed by atoms with van der Waals surface area (Å²) in [4.78, 5) is 43.5. The predicted octanol–water partition coefficient (Wildman–Crippen LogP) is 4.50. The van der Waals surface area contributed by atoms with E-state index in [1.807, 2.05) is 18.2 Å². The van der Waals surface area contributed by atoms with Crippen LogP contribution < -0.4 is 5.32 Å². The van der Waals surface area contributed by atoms with Gasteiger partial charge in [-0.15, -0.1) is 0 Å². The number of aromatic nitrogens is 1. The smallest absolute Gasteiger partial charge is 0.326 e. The van der Waals surface area contributed by atoms with Gasteiger partial charge in [0.2, 0.25) is 0 Å². The molecule has 2 heterocycles. The summed E-state index contributed by atoms with van der Waals surface area (Å²) in [5, 5.41) is 13.2. The van der Waals surface area contributed by atoms with Crippen LogP contribution in [0.25, 0.3) is 10.9 Å². The van der Waals surface area contributed by atoms with Gasteiger partial charge in [-0.05, 0) is 59.5 Å². The number of H-pyrrole nitrogens is 1. The molecule has 1 atom stereocenters. The summed E-state index contributed by atoms with van der Waals surface area (Å²) in [5.74, 6) is -2.22. The number of halogens is 2. The molecule has 5 rings (SSSR count). The number of nitrogens with zero attached hydrogens (tertiary/aromatic N) is 1. The molecule has 0 spiro atoms. The number of nitrogens with one attached hydrogen (secondary N) is 2. The number of carboxylic acids is 1. The van der Waals surface area contributed by atoms with Gasteiger partial charge in [0.05, 0.1) is 20.5 Å². The third-order valence-electron chi connectivity index (χ3n) is 7.11. The standard InChI is InChI=1S/C29H25Cl2N3O6S/c1-41(39,40)18-5-2-4-16(12-18)13-24(29(37)38)33-27(35)25-22(30)14-17-15-34(11-9-19(17)26(25)31)28(36)21-6-3-7-23-20(21)8-10-32-23/h2-8,10,12,14,24,32H,9,11,13,15H2,1H3,(H,33,35)(H,37,38)/t24-/m0/s1. The first-order valence-electron chi connectivity index (χ1n) is 12.6. The Hall–Kier alpha value is -3.86. The largest absolute Gasteiger partial charge is 0.480 e. The number of carbonyl (C=O) groups excluding carboxylic acids is 2. The van der Waals surface area contributed by atoms with Gasteiger partial charge in [0, 0.05) is 48.4 Å². The number of aliphatic carboxylic acids is 1. The number of amides is 2. The summed E-state index contributed by atoms with van der Waals surface area (Å²) in [6.07, 6.45) is 3.05. The second-order valence-electron chi connectivity index (χ2n) is 9.89. The second kappa shape index (κ2) is 11.2. The van der Waals surface area contributed by atoms with E-state index in [1.165, 1.54) is 18.2 Å². The highest BCUT2D eigenvalue weighted by molar-refractivity contribution is 7.90. The van der Waals surface area contributed by atoms with E-state index in [9.17, 15) is 27.9 Å². The number of hydrogen-bond acceptors (Lipinski definition) is 5. The predicted molar refractivity (Wildman–Crippen MR) is 155 cm³/mol. The summed E-state index contributed by atoms with van der Waals surface area (Å²) in [6.45, 7) is 0.605. The number of aromatic amines is 1. The van der Waals surface area contributed by atoms with Crippen LogP contribution in [0, 0.1) is 0 Å². The molecule has 0 unspecified atom stereocenters. The minimum Gasteiger partial charge on any atom is -0.480 e. The third-order valence-corrected chi connectivity index (χ3v) is 8.94. The molecule has 12 heteroatoms. The lowest BCUT2D eigenvalue weighted by atomic mass is 9.95. The van der Waals surface area contributed by atoms with Crippen LogP contribution in [-0.2, 0) is 34.0 Å². The van der Waals surface area contributed by atoms with Crippen molar-refractivity contribution in [2.24, 2.45) is 0 Å². The Kier molecular flexibility index (Phi) is 7.83. The molecule has 0 fully saturated rings. The lowest BCUT2D eigenvalue weighted by Crippen LogP contribution is -2.42. The van der Waals surface area contributed by atoms with Crippen LogP contribution in [-0.4, -0.2) is 60.0 Å². The van der Waals surface area contributed by atoms with Crippen LogP contribution in [0.1, 0.15) is 37.4 Å². The number of carbonyl (C=O) groups is 3. The average Bonchev–Trinajstić information content (AvgIpc) is 3.41. The lowest BCUT2D eigenvalue weighted by Gasteiger charge is -2.30. The molecular weight excluding hydrogens is 589 g/mol. The van der Waals surface area contributed by atoms with Gasteiger partial charge in [0.25, 0.3) is 11.8 Å². The van der Waals surface area contributed by atoms with Gasteiger partial charge in [-0.2, -0.15) is 0 Å². The van der Waals surface area contributed by atoms with Crippen molar-refractivity contribution in [1.82, 2.24) is 15.2 Å². The summed E-state index contributed by atoms with van der Waals surface area (Å²) in [7, 11) is -3.50. The van der Waals surface area contributed by atoms with Crippen molar-refractivity contribution in [2.45, 2.75) is 30.3 Å². The molecule has 2 amide bonds. The highest BCUT2D eigenvalue weighted by atomic mass is 35.5. The molecule has 41 heavy (non-hydrogen) atoms. The van der Waals surface area contributed by atoms with Crippen LogP contribution in [0.5, 0.6) is 0 Å². The van der Waals surface area contributed by atoms with Crippen molar-refractivity contribution >= 4 is 61.7 Å². The molecule has 1 aromatic heterocycles. The molecule has 212 valence electrons. The van der Waals surface area contributed by atoms with Crippen LogP contribution in [0.2, 0.25) is 10.0 Å². The molecule has 0 saturated carbocycles. The quantitative estimate of drug-likeness (QED) is 0.281. The number of fused-ring (bicyclic) bond motifs is 2. The number of carboxylic acid groups (broad SMARTS) is 1. The van der Waals surface area contributed by atoms with Crippen LogP contribution in [0.3, 0.4) is 0 Å². The molecule has 9 nitrogen and oxygen atoms in total. The topological polar surface area (TPSA) is 137 Å². The Morgan fingerprint density at radius 3 is 2.59 bits per heavy atom. The van der Waals surface area contributed by atoms with E-state index in [0.717, 1.165) is 17.2 Å². The SMILES string of the molecule is CS(=O)(=O)c1cccc(C[C@H](NC(=O)c2c(Cl)cc3c(c2Cl)CCN(C(=O)c2cccc4[nH]ccc24)C3)C(=O)O)c1. The number of hydrogen-bond donors (Lipinski definition) is 3. The van der Waals surface area contributed by atoms with Crippen molar-refractivity contribution in [3.8, 4) is 0 Å². The van der Waals surface area contributed by atoms with E-state index in [0.29, 0.717) is 35.2 Å². The van der Waals surface area contributed by atoms with E-state index in [4.69, 9.17) is 23.2 Å². The fourth-order valence-corrected chi connectivity index (χ4v) is 6.50. The van der Waals surface area contributed by atoms with Crippen LogP contribution in [0.15, 0.2) is 65.7 Å². The van der Waals surface area contributed by atoms with Gasteiger partial charge in [0.15, 0.2) is 9.84 Å². The van der Waals surface area contributed by atoms with Crippen molar-refractivity contribution in [3.05, 3.63) is 98.7 Å². The van der Waals surface area contributed by atoms with E-state index in [-0.39, 0.29) is 39.4 Å². The van der Waals surface area contributed by atoms with Gasteiger partial charge < -0.3 is 20.3 Å². The first-order valence-corrected chi connectivity index (χ1v) is 15.3. The maximum Gasteiger partial charge on any atom is 0.326 e. The van der Waals surface area contributed by atoms with Crippen LogP contribution >= 0.6 is 23.2 Å². The van der Waals surface area contributed by atoms with Crippen molar-refractivity contribution in [3.63, 3.8) is 0 Å². The Balaban J connectivity index is 1.36. The van der Waals surface area contributed by atoms with Gasteiger partial charge in [0.1, 0.15) is 6.04 Å². The maximum atomic E-state index is 13.4. The molecule has 0 bridgehead atoms. The first-order chi connectivity index (χ1) is 19.4. The Morgan fingerprint density at radius 1 is 1.10 bits per heavy atom. The van der Waals surface area contributed by atoms with Crippen LogP contribution in [0.4, 0.5) is 0 Å². The van der Waals surface area contributed by atoms with Gasteiger partial charge in [-0.3, -0.25) is 9.59 Å². The highest BCUT2D eigenvalue weighted by Gasteiger charge is 2.30. The summed E-state index contributed by atoms with van der Waals surface area (Å²) in [5.41, 5.74) is 3.16. The molecular formula is C29H25Cl2N3O6S. The Morgan fingerprint density at radius 2 is 1.85 bits per heavy atom. The second-order valence-corrected chi connectivity index (χ2v) is 12.7. The average molecular weight is 615 g/mol. The number of rotatable bonds is 7. The van der Waals surface area contributed by atoms with Crippen molar-refractivity contribution in [2.75, 3.05) is 12.8 Å². The summed E-state index contributed by atoms with van der Waals surface area (Å²) >= 11 is 13.2. The number of sulfone groups is 1. The molecule has 1 aliphatic rings. The van der Waals surface area contributed by atoms with Crippen molar-refractivity contribution < 1.29 is 27.9 Å². The minimum absolute atomic E-state index is 0.0245. The Labute approximate surface area is 246 Å². The zero-order chi connectivity index (χ0) is 29.5. The lowest BCUT2D eigenvalue weighted by molar-refractivity contribution is -0.139. The van der Waals surface area contributed by atoms with Gasteiger partial charge in [-0.25, -0.2) is 13.2 Å². The molecule has 3 N–H and O–H groups in total. The molecule has 1 aliphatic heterocycles. The summed E-state index contributed by atoms with van der Waals surface area (Å²) < 4.78 is 23.8. The fourth-order valence-electron chi connectivity index (χ4n) is 5.04.